The van der Waals surface area contributed by atoms with Crippen LogP contribution in [0.1, 0.15) is 12.8 Å². The van der Waals surface area contributed by atoms with Gasteiger partial charge in [0.15, 0.2) is 0 Å². The smallest absolute Gasteiger partial charge is 0.0877 e. The van der Waals surface area contributed by atoms with Gasteiger partial charge in [-0.15, -0.1) is 0 Å². The molecule has 1 aliphatic rings. The van der Waals surface area contributed by atoms with E-state index < -0.39 is 0 Å². The summed E-state index contributed by atoms with van der Waals surface area (Å²) >= 11 is 0. The highest BCUT2D eigenvalue weighted by Crippen LogP contribution is 2.14. The molecule has 2 heteroatoms. The molecule has 11 heavy (non-hydrogen) atoms. The molecule has 0 aromatic heterocycles. The zero-order valence-electron chi connectivity index (χ0n) is 6.88. The molecule has 2 N–H and O–H groups in total. The van der Waals surface area contributed by atoms with Crippen molar-refractivity contribution < 1.29 is 5.11 Å². The number of hydrogen-bond acceptors (Lipinski definition) is 2. The second kappa shape index (κ2) is 4.31. The summed E-state index contributed by atoms with van der Waals surface area (Å²) in [6, 6.07) is 0. The van der Waals surface area contributed by atoms with Crippen LogP contribution in [0, 0.1) is 0 Å². The first-order valence-corrected chi connectivity index (χ1v) is 4.03. The van der Waals surface area contributed by atoms with Crippen molar-refractivity contribution in [3.05, 3.63) is 23.8 Å². The molecule has 0 unspecified atom stereocenters. The highest BCUT2D eigenvalue weighted by atomic mass is 16.3. The van der Waals surface area contributed by atoms with Crippen LogP contribution in [0.2, 0.25) is 0 Å². The van der Waals surface area contributed by atoms with E-state index in [0.29, 0.717) is 6.54 Å². The van der Waals surface area contributed by atoms with Crippen LogP contribution in [-0.4, -0.2) is 24.8 Å². The molecule has 0 radical (unpaired) electrons. The van der Waals surface area contributed by atoms with Gasteiger partial charge in [0.1, 0.15) is 0 Å². The van der Waals surface area contributed by atoms with Gasteiger partial charge in [0.25, 0.3) is 0 Å². The minimum Gasteiger partial charge on any atom is -0.387 e. The Morgan fingerprint density at radius 2 is 2.55 bits per heavy atom. The zero-order valence-corrected chi connectivity index (χ0v) is 6.88. The molecule has 0 heterocycles. The Morgan fingerprint density at radius 3 is 3.09 bits per heavy atom. The quantitative estimate of drug-likeness (QED) is 0.630. The number of aliphatic hydroxyl groups excluding tert-OH is 1. The largest absolute Gasteiger partial charge is 0.387 e. The third-order valence-electron chi connectivity index (χ3n) is 1.87. The first kappa shape index (κ1) is 8.50. The molecule has 0 aliphatic heterocycles. The summed E-state index contributed by atoms with van der Waals surface area (Å²) in [6.45, 7) is 0.652. The summed E-state index contributed by atoms with van der Waals surface area (Å²) in [5.41, 5.74) is 1.14. The average Bonchev–Trinajstić information content (AvgIpc) is 2.07. The van der Waals surface area contributed by atoms with Crippen LogP contribution in [0.15, 0.2) is 23.8 Å². The Morgan fingerprint density at radius 1 is 1.73 bits per heavy atom. The predicted octanol–water partition coefficient (Wildman–Crippen LogP) is 0.843. The minimum absolute atomic E-state index is 0.301. The zero-order chi connectivity index (χ0) is 8.10. The lowest BCUT2D eigenvalue weighted by molar-refractivity contribution is 0.205. The minimum atomic E-state index is -0.301. The van der Waals surface area contributed by atoms with E-state index in [9.17, 15) is 5.11 Å². The van der Waals surface area contributed by atoms with Crippen LogP contribution in [0.4, 0.5) is 0 Å². The van der Waals surface area contributed by atoms with Crippen LogP contribution in [0.3, 0.4) is 0 Å². The van der Waals surface area contributed by atoms with Crippen LogP contribution in [0.25, 0.3) is 0 Å². The maximum absolute atomic E-state index is 9.51. The third-order valence-corrected chi connectivity index (χ3v) is 1.87. The van der Waals surface area contributed by atoms with E-state index in [2.05, 4.69) is 11.4 Å². The van der Waals surface area contributed by atoms with E-state index in [1.165, 1.54) is 0 Å². The lowest BCUT2D eigenvalue weighted by Gasteiger charge is -2.15. The number of nitrogens with one attached hydrogen (secondary N) is 1. The summed E-state index contributed by atoms with van der Waals surface area (Å²) < 4.78 is 0. The van der Waals surface area contributed by atoms with Gasteiger partial charge >= 0.3 is 0 Å². The Balaban J connectivity index is 2.44. The third kappa shape index (κ3) is 2.48. The Labute approximate surface area is 67.6 Å². The normalized spacial score (nSPS) is 19.6. The Kier molecular flexibility index (Phi) is 3.33. The molecule has 1 aliphatic carbocycles. The highest BCUT2D eigenvalue weighted by Gasteiger charge is 2.09. The molecule has 0 aromatic carbocycles. The van der Waals surface area contributed by atoms with Crippen LogP contribution >= 0.6 is 0 Å². The SMILES string of the molecule is CNC[C@H](O)C1=CC=CCC1. The molecule has 0 bridgehead atoms. The lowest BCUT2D eigenvalue weighted by atomic mass is 10.00. The van der Waals surface area contributed by atoms with Crippen LogP contribution in [-0.2, 0) is 0 Å². The van der Waals surface area contributed by atoms with E-state index in [4.69, 9.17) is 0 Å². The summed E-state index contributed by atoms with van der Waals surface area (Å²) in [7, 11) is 1.85. The first-order chi connectivity index (χ1) is 5.34. The summed E-state index contributed by atoms with van der Waals surface area (Å²) in [4.78, 5) is 0. The number of likely N-dealkylation sites (N-methyl/N-ethyl adjacent to an activating group) is 1. The molecule has 0 amide bonds. The molecule has 2 nitrogen and oxygen atoms in total. The molecular formula is C9H15NO. The van der Waals surface area contributed by atoms with Crippen molar-refractivity contribution in [1.82, 2.24) is 5.32 Å². The number of hydrogen-bond donors (Lipinski definition) is 2. The fraction of sp³-hybridized carbons (Fsp3) is 0.556. The number of allylic oxidation sites excluding steroid dienone is 3. The van der Waals surface area contributed by atoms with Gasteiger partial charge in [0.05, 0.1) is 6.10 Å². The maximum Gasteiger partial charge on any atom is 0.0877 e. The molecule has 62 valence electrons. The van der Waals surface area contributed by atoms with E-state index in [0.717, 1.165) is 18.4 Å². The fourth-order valence-corrected chi connectivity index (χ4v) is 1.22. The van der Waals surface area contributed by atoms with Crippen LogP contribution < -0.4 is 5.32 Å². The van der Waals surface area contributed by atoms with Gasteiger partial charge in [-0.3, -0.25) is 0 Å². The molecular weight excluding hydrogens is 138 g/mol. The van der Waals surface area contributed by atoms with Crippen molar-refractivity contribution in [2.24, 2.45) is 0 Å². The standard InChI is InChI=1S/C9H15NO/c1-10-7-9(11)8-5-3-2-4-6-8/h2-3,5,9-11H,4,6-7H2,1H3/t9-/m0/s1. The summed E-state index contributed by atoms with van der Waals surface area (Å²) in [5.74, 6) is 0. The van der Waals surface area contributed by atoms with Crippen LogP contribution in [0.5, 0.6) is 0 Å². The van der Waals surface area contributed by atoms with Crippen molar-refractivity contribution in [3.8, 4) is 0 Å². The summed E-state index contributed by atoms with van der Waals surface area (Å²) in [6.07, 6.45) is 7.90. The average molecular weight is 153 g/mol. The monoisotopic (exact) mass is 153 g/mol. The molecule has 0 saturated carbocycles. The lowest BCUT2D eigenvalue weighted by Crippen LogP contribution is -2.25. The first-order valence-electron chi connectivity index (χ1n) is 4.03. The topological polar surface area (TPSA) is 32.3 Å². The van der Waals surface area contributed by atoms with Gasteiger partial charge in [-0.25, -0.2) is 0 Å². The van der Waals surface area contributed by atoms with E-state index >= 15 is 0 Å². The van der Waals surface area contributed by atoms with E-state index in [-0.39, 0.29) is 6.10 Å². The Hall–Kier alpha value is -0.600. The fourth-order valence-electron chi connectivity index (χ4n) is 1.22. The van der Waals surface area contributed by atoms with Crippen molar-refractivity contribution in [2.45, 2.75) is 18.9 Å². The van der Waals surface area contributed by atoms with Crippen molar-refractivity contribution in [3.63, 3.8) is 0 Å². The molecule has 0 spiro atoms. The molecule has 0 aromatic rings. The second-order valence-electron chi connectivity index (χ2n) is 2.78. The highest BCUT2D eigenvalue weighted by molar-refractivity contribution is 5.20. The van der Waals surface area contributed by atoms with Gasteiger partial charge in [-0.05, 0) is 25.5 Å². The van der Waals surface area contributed by atoms with Gasteiger partial charge in [-0.1, -0.05) is 18.2 Å². The van der Waals surface area contributed by atoms with Gasteiger partial charge in [-0.2, -0.15) is 0 Å². The van der Waals surface area contributed by atoms with Gasteiger partial charge < -0.3 is 10.4 Å². The number of rotatable bonds is 3. The molecule has 1 atom stereocenters. The maximum atomic E-state index is 9.51. The van der Waals surface area contributed by atoms with Crippen molar-refractivity contribution >= 4 is 0 Å². The summed E-state index contributed by atoms with van der Waals surface area (Å²) in [5, 5.41) is 12.5. The molecule has 0 fully saturated rings. The molecule has 1 rings (SSSR count). The van der Waals surface area contributed by atoms with E-state index in [1.54, 1.807) is 0 Å². The Bertz CT molecular complexity index is 172. The number of aliphatic hydroxyl groups is 1. The molecule has 0 saturated heterocycles. The van der Waals surface area contributed by atoms with E-state index in [1.807, 2.05) is 19.2 Å². The predicted molar refractivity (Wildman–Crippen MR) is 46.4 cm³/mol. The van der Waals surface area contributed by atoms with Gasteiger partial charge in [0, 0.05) is 6.54 Å². The van der Waals surface area contributed by atoms with Crippen molar-refractivity contribution in [1.29, 1.82) is 0 Å². The van der Waals surface area contributed by atoms with Crippen molar-refractivity contribution in [2.75, 3.05) is 13.6 Å². The second-order valence-corrected chi connectivity index (χ2v) is 2.78. The van der Waals surface area contributed by atoms with Gasteiger partial charge in [0.2, 0.25) is 0 Å².